The van der Waals surface area contributed by atoms with Crippen molar-refractivity contribution in [3.63, 3.8) is 0 Å². The number of amides is 4. The molecule has 8 heteroatoms. The molecule has 2 heterocycles. The maximum atomic E-state index is 13.1. The predicted octanol–water partition coefficient (Wildman–Crippen LogP) is 1.98. The van der Waals surface area contributed by atoms with Crippen LogP contribution in [0.1, 0.15) is 33.6 Å². The van der Waals surface area contributed by atoms with Gasteiger partial charge in [-0.2, -0.15) is 0 Å². The van der Waals surface area contributed by atoms with Crippen LogP contribution in [0, 0.1) is 11.7 Å². The molecule has 2 aliphatic heterocycles. The predicted molar refractivity (Wildman–Crippen MR) is 106 cm³/mol. The highest BCUT2D eigenvalue weighted by Crippen LogP contribution is 2.25. The first-order valence-electron chi connectivity index (χ1n) is 9.72. The van der Waals surface area contributed by atoms with E-state index in [1.165, 1.54) is 12.1 Å². The molecule has 0 aliphatic carbocycles. The third-order valence-corrected chi connectivity index (χ3v) is 5.37. The Bertz CT molecular complexity index is 986. The standard InChI is InChI=1S/C22H20FN3O4/c23-15-5-7-16(8-6-15)26-13-14(11-20(26)28)12-24-19(27)9-10-25-21(29)17-3-1-2-4-18(17)22(25)30/h1-8,14H,9-13H2,(H,24,27). The molecular formula is C22H20FN3O4. The van der Waals surface area contributed by atoms with Gasteiger partial charge < -0.3 is 10.2 Å². The number of benzene rings is 2. The summed E-state index contributed by atoms with van der Waals surface area (Å²) in [7, 11) is 0. The minimum atomic E-state index is -0.389. The highest BCUT2D eigenvalue weighted by Gasteiger charge is 2.35. The Labute approximate surface area is 172 Å². The number of anilines is 1. The fourth-order valence-corrected chi connectivity index (χ4v) is 3.79. The van der Waals surface area contributed by atoms with E-state index in [4.69, 9.17) is 0 Å². The van der Waals surface area contributed by atoms with Crippen molar-refractivity contribution >= 4 is 29.3 Å². The number of nitrogens with one attached hydrogen (secondary N) is 1. The molecule has 0 spiro atoms. The van der Waals surface area contributed by atoms with Gasteiger partial charge in [-0.1, -0.05) is 12.1 Å². The first kappa shape index (κ1) is 19.8. The van der Waals surface area contributed by atoms with Crippen LogP contribution in [-0.4, -0.2) is 48.2 Å². The number of imide groups is 1. The number of fused-ring (bicyclic) bond motifs is 1. The molecule has 0 aromatic heterocycles. The van der Waals surface area contributed by atoms with Gasteiger partial charge in [0.05, 0.1) is 11.1 Å². The number of hydrogen-bond donors (Lipinski definition) is 1. The Kier molecular flexibility index (Phi) is 5.31. The van der Waals surface area contributed by atoms with E-state index in [1.807, 2.05) is 0 Å². The third kappa shape index (κ3) is 3.80. The molecule has 1 N–H and O–H groups in total. The quantitative estimate of drug-likeness (QED) is 0.740. The van der Waals surface area contributed by atoms with Crippen LogP contribution < -0.4 is 10.2 Å². The van der Waals surface area contributed by atoms with Crippen molar-refractivity contribution in [2.75, 3.05) is 24.5 Å². The highest BCUT2D eigenvalue weighted by atomic mass is 19.1. The second-order valence-corrected chi connectivity index (χ2v) is 7.41. The Morgan fingerprint density at radius 2 is 1.63 bits per heavy atom. The van der Waals surface area contributed by atoms with Crippen molar-refractivity contribution in [3.8, 4) is 0 Å². The van der Waals surface area contributed by atoms with Gasteiger partial charge in [0.15, 0.2) is 0 Å². The summed E-state index contributed by atoms with van der Waals surface area (Å²) in [5.41, 5.74) is 1.34. The molecule has 1 atom stereocenters. The van der Waals surface area contributed by atoms with Crippen LogP contribution in [0.3, 0.4) is 0 Å². The van der Waals surface area contributed by atoms with Crippen molar-refractivity contribution in [1.82, 2.24) is 10.2 Å². The number of hydrogen-bond acceptors (Lipinski definition) is 4. The van der Waals surface area contributed by atoms with E-state index in [0.29, 0.717) is 29.9 Å². The summed E-state index contributed by atoms with van der Waals surface area (Å²) in [6, 6.07) is 12.3. The Hall–Kier alpha value is -3.55. The zero-order chi connectivity index (χ0) is 21.3. The molecule has 0 radical (unpaired) electrons. The molecule has 2 aliphatic rings. The molecule has 4 amide bonds. The zero-order valence-electron chi connectivity index (χ0n) is 16.1. The maximum absolute atomic E-state index is 13.1. The molecule has 2 aromatic rings. The van der Waals surface area contributed by atoms with Crippen molar-refractivity contribution in [1.29, 1.82) is 0 Å². The maximum Gasteiger partial charge on any atom is 0.261 e. The lowest BCUT2D eigenvalue weighted by atomic mass is 10.1. The van der Waals surface area contributed by atoms with Gasteiger partial charge >= 0.3 is 0 Å². The molecule has 154 valence electrons. The average Bonchev–Trinajstić information content (AvgIpc) is 3.23. The number of carbonyl (C=O) groups excluding carboxylic acids is 4. The van der Waals surface area contributed by atoms with Crippen LogP contribution in [0.25, 0.3) is 0 Å². The summed E-state index contributed by atoms with van der Waals surface area (Å²) >= 11 is 0. The largest absolute Gasteiger partial charge is 0.356 e. The lowest BCUT2D eigenvalue weighted by Crippen LogP contribution is -2.36. The Morgan fingerprint density at radius 1 is 1.00 bits per heavy atom. The molecule has 1 unspecified atom stereocenters. The van der Waals surface area contributed by atoms with E-state index in [9.17, 15) is 23.6 Å². The van der Waals surface area contributed by atoms with E-state index < -0.39 is 0 Å². The van der Waals surface area contributed by atoms with E-state index in [-0.39, 0.29) is 54.8 Å². The third-order valence-electron chi connectivity index (χ3n) is 5.37. The van der Waals surface area contributed by atoms with E-state index >= 15 is 0 Å². The normalized spacial score (nSPS) is 18.2. The van der Waals surface area contributed by atoms with Crippen molar-refractivity contribution in [3.05, 3.63) is 65.5 Å². The van der Waals surface area contributed by atoms with Crippen LogP contribution in [0.4, 0.5) is 10.1 Å². The van der Waals surface area contributed by atoms with Gasteiger partial charge in [-0.05, 0) is 36.4 Å². The van der Waals surface area contributed by atoms with Gasteiger partial charge in [0, 0.05) is 44.1 Å². The van der Waals surface area contributed by atoms with Crippen LogP contribution in [0.15, 0.2) is 48.5 Å². The average molecular weight is 409 g/mol. The van der Waals surface area contributed by atoms with Crippen LogP contribution >= 0.6 is 0 Å². The summed E-state index contributed by atoms with van der Waals surface area (Å²) < 4.78 is 13.1. The molecule has 0 bridgehead atoms. The van der Waals surface area contributed by atoms with Crippen LogP contribution in [0.5, 0.6) is 0 Å². The van der Waals surface area contributed by atoms with E-state index in [2.05, 4.69) is 5.32 Å². The lowest BCUT2D eigenvalue weighted by Gasteiger charge is -2.17. The molecule has 2 aromatic carbocycles. The number of rotatable bonds is 6. The Morgan fingerprint density at radius 3 is 2.27 bits per heavy atom. The van der Waals surface area contributed by atoms with Gasteiger partial charge in [0.25, 0.3) is 11.8 Å². The van der Waals surface area contributed by atoms with E-state index in [0.717, 1.165) is 4.90 Å². The number of halogens is 1. The topological polar surface area (TPSA) is 86.8 Å². The number of carbonyl (C=O) groups is 4. The first-order valence-corrected chi connectivity index (χ1v) is 9.72. The van der Waals surface area contributed by atoms with Gasteiger partial charge in [0.2, 0.25) is 11.8 Å². The monoisotopic (exact) mass is 409 g/mol. The fourth-order valence-electron chi connectivity index (χ4n) is 3.79. The first-order chi connectivity index (χ1) is 14.4. The second kappa shape index (κ2) is 8.06. The summed E-state index contributed by atoms with van der Waals surface area (Å²) in [4.78, 5) is 51.7. The zero-order valence-corrected chi connectivity index (χ0v) is 16.1. The van der Waals surface area contributed by atoms with Gasteiger partial charge in [-0.3, -0.25) is 24.1 Å². The fraction of sp³-hybridized carbons (Fsp3) is 0.273. The summed E-state index contributed by atoms with van der Waals surface area (Å²) in [5.74, 6) is -1.58. The number of nitrogens with zero attached hydrogens (tertiary/aromatic N) is 2. The molecular weight excluding hydrogens is 389 g/mol. The summed E-state index contributed by atoms with van der Waals surface area (Å²) in [5, 5.41) is 2.77. The van der Waals surface area contributed by atoms with Gasteiger partial charge in [0.1, 0.15) is 5.82 Å². The van der Waals surface area contributed by atoms with E-state index in [1.54, 1.807) is 41.3 Å². The molecule has 7 nitrogen and oxygen atoms in total. The smallest absolute Gasteiger partial charge is 0.261 e. The van der Waals surface area contributed by atoms with Crippen molar-refractivity contribution < 1.29 is 23.6 Å². The molecule has 1 fully saturated rings. The van der Waals surface area contributed by atoms with Gasteiger partial charge in [-0.25, -0.2) is 4.39 Å². The molecule has 30 heavy (non-hydrogen) atoms. The minimum absolute atomic E-state index is 0.00345. The van der Waals surface area contributed by atoms with Gasteiger partial charge in [-0.15, -0.1) is 0 Å². The SMILES string of the molecule is O=C(CCN1C(=O)c2ccccc2C1=O)NCC1CC(=O)N(c2ccc(F)cc2)C1. The molecule has 1 saturated heterocycles. The molecule has 4 rings (SSSR count). The highest BCUT2D eigenvalue weighted by molar-refractivity contribution is 6.21. The van der Waals surface area contributed by atoms with Crippen LogP contribution in [0.2, 0.25) is 0 Å². The molecule has 0 saturated carbocycles. The lowest BCUT2D eigenvalue weighted by molar-refractivity contribution is -0.121. The van der Waals surface area contributed by atoms with Crippen molar-refractivity contribution in [2.24, 2.45) is 5.92 Å². The second-order valence-electron chi connectivity index (χ2n) is 7.41. The summed E-state index contributed by atoms with van der Waals surface area (Å²) in [6.45, 7) is 0.747. The summed E-state index contributed by atoms with van der Waals surface area (Å²) in [6.07, 6.45) is 0.282. The minimum Gasteiger partial charge on any atom is -0.356 e. The van der Waals surface area contributed by atoms with Crippen LogP contribution in [-0.2, 0) is 9.59 Å². The van der Waals surface area contributed by atoms with Crippen molar-refractivity contribution in [2.45, 2.75) is 12.8 Å². The Balaban J connectivity index is 1.26.